The van der Waals surface area contributed by atoms with Gasteiger partial charge in [-0.3, -0.25) is 4.18 Å². The summed E-state index contributed by atoms with van der Waals surface area (Å²) in [6.07, 6.45) is 2.95. The van der Waals surface area contributed by atoms with Gasteiger partial charge in [0, 0.05) is 75.1 Å². The second-order valence-electron chi connectivity index (χ2n) is 14.9. The monoisotopic (exact) mass is 826 g/mol. The lowest BCUT2D eigenvalue weighted by Crippen LogP contribution is -2.21. The van der Waals surface area contributed by atoms with Gasteiger partial charge in [0.2, 0.25) is 0 Å². The van der Waals surface area contributed by atoms with Gasteiger partial charge in [-0.15, -0.1) is 0 Å². The summed E-state index contributed by atoms with van der Waals surface area (Å²) in [5.41, 5.74) is 11.1. The predicted octanol–water partition coefficient (Wildman–Crippen LogP) is 11.7. The molecular formula is C52H66N4O3S. The van der Waals surface area contributed by atoms with Crippen LogP contribution >= 0.6 is 0 Å². The van der Waals surface area contributed by atoms with Crippen LogP contribution in [0.1, 0.15) is 83.2 Å². The van der Waals surface area contributed by atoms with E-state index in [0.717, 1.165) is 114 Å². The normalized spacial score (nSPS) is 11.3. The summed E-state index contributed by atoms with van der Waals surface area (Å²) < 4.78 is 35.0. The molecular weight excluding hydrogens is 761 g/mol. The molecule has 0 saturated heterocycles. The maximum atomic E-state index is 14.3. The topological polar surface area (TPSA) is 56.3 Å². The average Bonchev–Trinajstić information content (AvgIpc) is 3.27. The van der Waals surface area contributed by atoms with Crippen LogP contribution < -0.4 is 19.6 Å². The van der Waals surface area contributed by atoms with Gasteiger partial charge in [0.15, 0.2) is 0 Å². The fourth-order valence-corrected chi connectivity index (χ4v) is 8.80. The third kappa shape index (κ3) is 11.3. The Bertz CT molecular complexity index is 1990. The molecule has 0 aliphatic rings. The molecule has 0 aliphatic carbocycles. The second kappa shape index (κ2) is 21.8. The summed E-state index contributed by atoms with van der Waals surface area (Å²) in [4.78, 5) is 9.38. The van der Waals surface area contributed by atoms with E-state index < -0.39 is 16.2 Å². The fourth-order valence-electron chi connectivity index (χ4n) is 7.82. The third-order valence-corrected chi connectivity index (χ3v) is 12.8. The molecule has 0 aromatic heterocycles. The molecule has 0 amide bonds. The molecule has 8 heteroatoms. The maximum Gasteiger partial charge on any atom is 0.297 e. The van der Waals surface area contributed by atoms with Crippen molar-refractivity contribution in [2.75, 3.05) is 72.0 Å². The van der Waals surface area contributed by atoms with E-state index >= 15 is 0 Å². The molecule has 0 radical (unpaired) electrons. The highest BCUT2D eigenvalue weighted by atomic mass is 32.2. The van der Waals surface area contributed by atoms with Gasteiger partial charge >= 0.3 is 0 Å². The van der Waals surface area contributed by atoms with Crippen LogP contribution in [0.3, 0.4) is 0 Å². The Kier molecular flexibility index (Phi) is 16.6. The van der Waals surface area contributed by atoms with E-state index in [4.69, 9.17) is 4.18 Å². The van der Waals surface area contributed by atoms with Gasteiger partial charge in [0.05, 0.1) is 4.90 Å². The molecule has 0 spiro atoms. The summed E-state index contributed by atoms with van der Waals surface area (Å²) in [6, 6.07) is 41.1. The number of aryl methyl sites for hydroxylation is 1. The number of benzene rings is 5. The Balaban J connectivity index is 1.77. The molecule has 0 aliphatic heterocycles. The summed E-state index contributed by atoms with van der Waals surface area (Å²) in [5.74, 6) is 0. The first kappa shape index (κ1) is 45.8. The van der Waals surface area contributed by atoms with Crippen molar-refractivity contribution in [2.24, 2.45) is 0 Å². The van der Waals surface area contributed by atoms with E-state index in [-0.39, 0.29) is 4.90 Å². The Morgan fingerprint density at radius 1 is 0.433 bits per heavy atom. The third-order valence-electron chi connectivity index (χ3n) is 11.4. The SMILES string of the molecule is CCN(CC)c1ccc(C(=CC(C=C(c2ccc(N(CC)CC)cc2)c2ccc(N(CC)CC)cc2)OS(=O)(=O)c2ccc(C)cc2)c2ccc(N(CC)CC)cc2)cc1. The van der Waals surface area contributed by atoms with Crippen LogP contribution in [0.25, 0.3) is 11.1 Å². The van der Waals surface area contributed by atoms with Crippen LogP contribution in [0.5, 0.6) is 0 Å². The molecule has 0 bridgehead atoms. The van der Waals surface area contributed by atoms with Crippen molar-refractivity contribution < 1.29 is 12.6 Å². The van der Waals surface area contributed by atoms with Crippen molar-refractivity contribution in [1.29, 1.82) is 0 Å². The highest BCUT2D eigenvalue weighted by Gasteiger charge is 2.23. The minimum atomic E-state index is -4.21. The number of hydrogen-bond acceptors (Lipinski definition) is 7. The molecule has 0 heterocycles. The van der Waals surface area contributed by atoms with Crippen LogP contribution in [-0.4, -0.2) is 66.9 Å². The van der Waals surface area contributed by atoms with E-state index in [9.17, 15) is 8.42 Å². The molecule has 7 nitrogen and oxygen atoms in total. The standard InChI is InChI=1S/C52H66N4O3S/c1-10-53(11-2)45-28-20-41(21-29-45)51(42-22-30-46(31-23-42)54(12-3)13-4)38-49(59-60(57,58)50-36-18-40(9)19-37-50)39-52(43-24-32-47(33-25-43)55(14-5)15-6)44-26-34-48(35-27-44)56(16-7)17-8/h18-39,49H,10-17H2,1-9H3. The molecule has 0 fully saturated rings. The minimum absolute atomic E-state index is 0.113. The number of anilines is 4. The second-order valence-corrected chi connectivity index (χ2v) is 16.4. The first-order valence-corrected chi connectivity index (χ1v) is 23.3. The predicted molar refractivity (Wildman–Crippen MR) is 257 cm³/mol. The van der Waals surface area contributed by atoms with E-state index in [1.54, 1.807) is 24.3 Å². The Morgan fingerprint density at radius 3 is 0.917 bits per heavy atom. The van der Waals surface area contributed by atoms with Gasteiger partial charge in [0.1, 0.15) is 6.10 Å². The molecule has 318 valence electrons. The Hall–Kier alpha value is -5.31. The number of hydrogen-bond donors (Lipinski definition) is 0. The molecule has 5 rings (SSSR count). The van der Waals surface area contributed by atoms with Crippen molar-refractivity contribution in [3.05, 3.63) is 161 Å². The zero-order valence-electron chi connectivity index (χ0n) is 37.4. The van der Waals surface area contributed by atoms with Crippen molar-refractivity contribution in [1.82, 2.24) is 0 Å². The number of rotatable bonds is 21. The van der Waals surface area contributed by atoms with Crippen LogP contribution in [-0.2, 0) is 14.3 Å². The highest BCUT2D eigenvalue weighted by molar-refractivity contribution is 7.86. The van der Waals surface area contributed by atoms with Crippen molar-refractivity contribution in [2.45, 2.75) is 73.3 Å². The molecule has 0 saturated carbocycles. The Morgan fingerprint density at radius 2 is 0.683 bits per heavy atom. The van der Waals surface area contributed by atoms with Gasteiger partial charge < -0.3 is 19.6 Å². The van der Waals surface area contributed by atoms with Gasteiger partial charge in [-0.25, -0.2) is 0 Å². The highest BCUT2D eigenvalue weighted by Crippen LogP contribution is 2.33. The maximum absolute atomic E-state index is 14.3. The zero-order chi connectivity index (χ0) is 43.2. The van der Waals surface area contributed by atoms with E-state index in [1.165, 1.54) is 0 Å². The molecule has 0 N–H and O–H groups in total. The van der Waals surface area contributed by atoms with Crippen molar-refractivity contribution in [3.8, 4) is 0 Å². The number of nitrogens with zero attached hydrogens (tertiary/aromatic N) is 4. The van der Waals surface area contributed by atoms with Crippen molar-refractivity contribution in [3.63, 3.8) is 0 Å². The summed E-state index contributed by atoms with van der Waals surface area (Å²) >= 11 is 0. The van der Waals surface area contributed by atoms with Crippen LogP contribution in [0, 0.1) is 6.92 Å². The molecule has 0 atom stereocenters. The smallest absolute Gasteiger partial charge is 0.297 e. The van der Waals surface area contributed by atoms with Crippen LogP contribution in [0.15, 0.2) is 138 Å². The quantitative estimate of drug-likeness (QED) is 0.0683. The average molecular weight is 827 g/mol. The molecule has 5 aromatic rings. The van der Waals surface area contributed by atoms with Gasteiger partial charge in [-0.2, -0.15) is 8.42 Å². The summed E-state index contributed by atoms with van der Waals surface area (Å²) in [5, 5.41) is 0. The van der Waals surface area contributed by atoms with E-state index in [1.807, 2.05) is 19.1 Å². The van der Waals surface area contributed by atoms with Crippen molar-refractivity contribution >= 4 is 44.0 Å². The minimum Gasteiger partial charge on any atom is -0.372 e. The summed E-state index contributed by atoms with van der Waals surface area (Å²) in [7, 11) is -4.21. The fraction of sp³-hybridized carbons (Fsp3) is 0.346. The first-order chi connectivity index (χ1) is 29.0. The largest absolute Gasteiger partial charge is 0.372 e. The van der Waals surface area contributed by atoms with Crippen LogP contribution in [0.2, 0.25) is 0 Å². The first-order valence-electron chi connectivity index (χ1n) is 21.9. The van der Waals surface area contributed by atoms with Gasteiger partial charge in [-0.1, -0.05) is 66.2 Å². The van der Waals surface area contributed by atoms with Gasteiger partial charge in [-0.05, 0) is 169 Å². The lowest BCUT2D eigenvalue weighted by atomic mass is 9.93. The zero-order valence-corrected chi connectivity index (χ0v) is 38.2. The molecule has 0 unspecified atom stereocenters. The van der Waals surface area contributed by atoms with E-state index in [0.29, 0.717) is 0 Å². The summed E-state index contributed by atoms with van der Waals surface area (Å²) in [6.45, 7) is 26.4. The lowest BCUT2D eigenvalue weighted by molar-refractivity contribution is 0.300. The van der Waals surface area contributed by atoms with Crippen LogP contribution in [0.4, 0.5) is 22.7 Å². The van der Waals surface area contributed by atoms with Gasteiger partial charge in [0.25, 0.3) is 10.1 Å². The molecule has 60 heavy (non-hydrogen) atoms. The van der Waals surface area contributed by atoms with E-state index in [2.05, 4.69) is 172 Å². The lowest BCUT2D eigenvalue weighted by Gasteiger charge is -2.23. The Labute approximate surface area is 361 Å². The molecule has 5 aromatic carbocycles.